The van der Waals surface area contributed by atoms with Crippen LogP contribution in [0, 0.1) is 0 Å². The van der Waals surface area contributed by atoms with E-state index in [0.717, 1.165) is 0 Å². The molecule has 23 heavy (non-hydrogen) atoms. The van der Waals surface area contributed by atoms with E-state index in [1.165, 1.54) is 30.1 Å². The second-order valence-electron chi connectivity index (χ2n) is 4.88. The molecule has 0 atom stereocenters. The van der Waals surface area contributed by atoms with Crippen molar-refractivity contribution in [3.05, 3.63) is 58.1 Å². The molecule has 0 aliphatic heterocycles. The van der Waals surface area contributed by atoms with Crippen LogP contribution in [0.2, 0.25) is 10.0 Å². The molecule has 0 aliphatic carbocycles. The van der Waals surface area contributed by atoms with E-state index >= 15 is 0 Å². The lowest BCUT2D eigenvalue weighted by atomic mass is 10.2. The third-order valence-electron chi connectivity index (χ3n) is 3.04. The molecule has 0 saturated carbocycles. The smallest absolute Gasteiger partial charge is 0.257 e. The van der Waals surface area contributed by atoms with E-state index < -0.39 is 5.91 Å². The molecular formula is C16H14Cl2N2O3. The number of anilines is 1. The summed E-state index contributed by atoms with van der Waals surface area (Å²) < 4.78 is 0. The number of hydrogen-bond donors (Lipinski definition) is 2. The number of benzene rings is 2. The SMILES string of the molecule is CN(CC(=O)Nc1ccc(Cl)cc1)C(=O)c1cc(Cl)ccc1O. The van der Waals surface area contributed by atoms with Gasteiger partial charge in [-0.15, -0.1) is 0 Å². The maximum absolute atomic E-state index is 12.3. The van der Waals surface area contributed by atoms with Crippen LogP contribution in [0.15, 0.2) is 42.5 Å². The van der Waals surface area contributed by atoms with E-state index in [2.05, 4.69) is 5.32 Å². The number of carbonyl (C=O) groups is 2. The molecule has 0 aliphatic rings. The fourth-order valence-electron chi connectivity index (χ4n) is 1.91. The number of amides is 2. The van der Waals surface area contributed by atoms with Gasteiger partial charge in [0.05, 0.1) is 12.1 Å². The lowest BCUT2D eigenvalue weighted by molar-refractivity contribution is -0.116. The number of nitrogens with zero attached hydrogens (tertiary/aromatic N) is 1. The van der Waals surface area contributed by atoms with Crippen molar-refractivity contribution >= 4 is 40.7 Å². The zero-order valence-electron chi connectivity index (χ0n) is 12.2. The molecule has 0 aromatic heterocycles. The minimum absolute atomic E-state index is 0.0410. The van der Waals surface area contributed by atoms with Gasteiger partial charge in [-0.1, -0.05) is 23.2 Å². The van der Waals surface area contributed by atoms with Gasteiger partial charge < -0.3 is 15.3 Å². The summed E-state index contributed by atoms with van der Waals surface area (Å²) in [4.78, 5) is 25.4. The summed E-state index contributed by atoms with van der Waals surface area (Å²) in [5, 5.41) is 13.3. The van der Waals surface area contributed by atoms with E-state index in [1.54, 1.807) is 24.3 Å². The highest BCUT2D eigenvalue weighted by molar-refractivity contribution is 6.31. The molecule has 0 saturated heterocycles. The molecule has 0 unspecified atom stereocenters. The van der Waals surface area contributed by atoms with Crippen molar-refractivity contribution in [2.75, 3.05) is 18.9 Å². The van der Waals surface area contributed by atoms with Crippen molar-refractivity contribution in [1.82, 2.24) is 4.90 Å². The molecule has 2 amide bonds. The molecule has 0 spiro atoms. The van der Waals surface area contributed by atoms with Crippen LogP contribution in [0.25, 0.3) is 0 Å². The van der Waals surface area contributed by atoms with Gasteiger partial charge in [-0.2, -0.15) is 0 Å². The fraction of sp³-hybridized carbons (Fsp3) is 0.125. The Kier molecular flexibility index (Phi) is 5.47. The van der Waals surface area contributed by atoms with E-state index in [0.29, 0.717) is 15.7 Å². The molecule has 2 aromatic carbocycles. The van der Waals surface area contributed by atoms with Crippen LogP contribution in [-0.4, -0.2) is 35.4 Å². The minimum atomic E-state index is -0.503. The standard InChI is InChI=1S/C16H14Cl2N2O3/c1-20(16(23)13-8-11(18)4-7-14(13)21)9-15(22)19-12-5-2-10(17)3-6-12/h2-8,21H,9H2,1H3,(H,19,22). The highest BCUT2D eigenvalue weighted by Crippen LogP contribution is 2.22. The highest BCUT2D eigenvalue weighted by atomic mass is 35.5. The topological polar surface area (TPSA) is 69.6 Å². The predicted octanol–water partition coefficient (Wildman–Crippen LogP) is 3.41. The van der Waals surface area contributed by atoms with Crippen LogP contribution >= 0.6 is 23.2 Å². The van der Waals surface area contributed by atoms with Crippen LogP contribution in [-0.2, 0) is 4.79 Å². The number of phenols is 1. The van der Waals surface area contributed by atoms with E-state index in [1.807, 2.05) is 0 Å². The third-order valence-corrected chi connectivity index (χ3v) is 3.53. The van der Waals surface area contributed by atoms with Crippen molar-refractivity contribution in [3.8, 4) is 5.75 Å². The summed E-state index contributed by atoms with van der Waals surface area (Å²) in [6.45, 7) is -0.173. The number of nitrogens with one attached hydrogen (secondary N) is 1. The first-order valence-corrected chi connectivity index (χ1v) is 7.42. The first kappa shape index (κ1) is 17.1. The van der Waals surface area contributed by atoms with Gasteiger partial charge >= 0.3 is 0 Å². The van der Waals surface area contributed by atoms with Gasteiger partial charge in [0, 0.05) is 22.8 Å². The van der Waals surface area contributed by atoms with Gasteiger partial charge in [-0.25, -0.2) is 0 Å². The largest absolute Gasteiger partial charge is 0.507 e. The summed E-state index contributed by atoms with van der Waals surface area (Å²) in [5.74, 6) is -1.06. The monoisotopic (exact) mass is 352 g/mol. The van der Waals surface area contributed by atoms with E-state index in [-0.39, 0.29) is 23.8 Å². The maximum atomic E-state index is 12.3. The van der Waals surface area contributed by atoms with Gasteiger partial charge in [-0.3, -0.25) is 9.59 Å². The Labute approximate surface area is 143 Å². The Balaban J connectivity index is 2.01. The van der Waals surface area contributed by atoms with Gasteiger partial charge in [0.2, 0.25) is 5.91 Å². The lowest BCUT2D eigenvalue weighted by Gasteiger charge is -2.17. The van der Waals surface area contributed by atoms with Crippen LogP contribution < -0.4 is 5.32 Å². The third kappa shape index (κ3) is 4.61. The molecule has 0 heterocycles. The zero-order chi connectivity index (χ0) is 17.0. The van der Waals surface area contributed by atoms with Crippen molar-refractivity contribution in [2.24, 2.45) is 0 Å². The Morgan fingerprint density at radius 1 is 1.09 bits per heavy atom. The Hall–Kier alpha value is -2.24. The first-order valence-electron chi connectivity index (χ1n) is 6.66. The van der Waals surface area contributed by atoms with Crippen molar-refractivity contribution < 1.29 is 14.7 Å². The van der Waals surface area contributed by atoms with E-state index in [4.69, 9.17) is 23.2 Å². The van der Waals surface area contributed by atoms with Gasteiger partial charge in [0.15, 0.2) is 0 Å². The Morgan fingerprint density at radius 3 is 2.35 bits per heavy atom. The molecule has 2 rings (SSSR count). The number of likely N-dealkylation sites (N-methyl/N-ethyl adjacent to an activating group) is 1. The Bertz CT molecular complexity index is 733. The maximum Gasteiger partial charge on any atom is 0.257 e. The van der Waals surface area contributed by atoms with Crippen molar-refractivity contribution in [3.63, 3.8) is 0 Å². The highest BCUT2D eigenvalue weighted by Gasteiger charge is 2.18. The zero-order valence-corrected chi connectivity index (χ0v) is 13.7. The molecule has 0 bridgehead atoms. The molecule has 2 N–H and O–H groups in total. The number of aromatic hydroxyl groups is 1. The molecule has 0 fully saturated rings. The number of phenolic OH excluding ortho intramolecular Hbond substituents is 1. The minimum Gasteiger partial charge on any atom is -0.507 e. The van der Waals surface area contributed by atoms with Crippen LogP contribution in [0.1, 0.15) is 10.4 Å². The molecule has 0 radical (unpaired) electrons. The normalized spacial score (nSPS) is 10.2. The lowest BCUT2D eigenvalue weighted by Crippen LogP contribution is -2.35. The summed E-state index contributed by atoms with van der Waals surface area (Å²) in [7, 11) is 1.46. The van der Waals surface area contributed by atoms with Gasteiger partial charge in [0.25, 0.3) is 5.91 Å². The van der Waals surface area contributed by atoms with Gasteiger partial charge in [0.1, 0.15) is 5.75 Å². The number of rotatable bonds is 4. The Morgan fingerprint density at radius 2 is 1.70 bits per heavy atom. The number of halogens is 2. The fourth-order valence-corrected chi connectivity index (χ4v) is 2.20. The summed E-state index contributed by atoms with van der Waals surface area (Å²) in [6.07, 6.45) is 0. The molecule has 7 heteroatoms. The first-order chi connectivity index (χ1) is 10.9. The summed E-state index contributed by atoms with van der Waals surface area (Å²) >= 11 is 11.6. The average Bonchev–Trinajstić information content (AvgIpc) is 2.51. The predicted molar refractivity (Wildman–Crippen MR) is 90.2 cm³/mol. The number of carbonyl (C=O) groups excluding carboxylic acids is 2. The molecule has 120 valence electrons. The molecule has 5 nitrogen and oxygen atoms in total. The quantitative estimate of drug-likeness (QED) is 0.885. The van der Waals surface area contributed by atoms with Crippen molar-refractivity contribution in [2.45, 2.75) is 0 Å². The van der Waals surface area contributed by atoms with Crippen molar-refractivity contribution in [1.29, 1.82) is 0 Å². The second kappa shape index (κ2) is 7.35. The summed E-state index contributed by atoms with van der Waals surface area (Å²) in [5.41, 5.74) is 0.616. The van der Waals surface area contributed by atoms with Crippen LogP contribution in [0.4, 0.5) is 5.69 Å². The number of hydrogen-bond acceptors (Lipinski definition) is 3. The molecular weight excluding hydrogens is 339 g/mol. The van der Waals surface area contributed by atoms with Crippen LogP contribution in [0.5, 0.6) is 5.75 Å². The average molecular weight is 353 g/mol. The van der Waals surface area contributed by atoms with Gasteiger partial charge in [-0.05, 0) is 42.5 Å². The molecule has 2 aromatic rings. The summed E-state index contributed by atoms with van der Waals surface area (Å²) in [6, 6.07) is 10.8. The van der Waals surface area contributed by atoms with E-state index in [9.17, 15) is 14.7 Å². The van der Waals surface area contributed by atoms with Crippen LogP contribution in [0.3, 0.4) is 0 Å². The second-order valence-corrected chi connectivity index (χ2v) is 5.75.